The van der Waals surface area contributed by atoms with E-state index in [0.29, 0.717) is 24.2 Å². The SMILES string of the molecule is O=C(CCNc1ccc(C(F)(F)F)cc1)NCCc1ccccc1F. The molecule has 2 aromatic rings. The van der Waals surface area contributed by atoms with Crippen molar-refractivity contribution in [1.82, 2.24) is 5.32 Å². The lowest BCUT2D eigenvalue weighted by molar-refractivity contribution is -0.137. The maximum atomic E-state index is 13.4. The van der Waals surface area contributed by atoms with Crippen LogP contribution in [0.4, 0.5) is 23.2 Å². The Labute approximate surface area is 143 Å². The van der Waals surface area contributed by atoms with Crippen LogP contribution in [0, 0.1) is 5.82 Å². The summed E-state index contributed by atoms with van der Waals surface area (Å²) in [5.41, 5.74) is 0.321. The minimum absolute atomic E-state index is 0.165. The lowest BCUT2D eigenvalue weighted by Gasteiger charge is -2.10. The highest BCUT2D eigenvalue weighted by molar-refractivity contribution is 5.76. The summed E-state index contributed by atoms with van der Waals surface area (Å²) in [6.45, 7) is 0.608. The van der Waals surface area contributed by atoms with Crippen LogP contribution >= 0.6 is 0 Å². The highest BCUT2D eigenvalue weighted by atomic mass is 19.4. The molecule has 7 heteroatoms. The van der Waals surface area contributed by atoms with Gasteiger partial charge in [-0.3, -0.25) is 4.79 Å². The minimum Gasteiger partial charge on any atom is -0.385 e. The fraction of sp³-hybridized carbons (Fsp3) is 0.278. The molecule has 25 heavy (non-hydrogen) atoms. The highest BCUT2D eigenvalue weighted by Gasteiger charge is 2.29. The summed E-state index contributed by atoms with van der Waals surface area (Å²) in [5, 5.41) is 5.56. The Hall–Kier alpha value is -2.57. The van der Waals surface area contributed by atoms with Gasteiger partial charge in [0.25, 0.3) is 0 Å². The van der Waals surface area contributed by atoms with E-state index in [4.69, 9.17) is 0 Å². The van der Waals surface area contributed by atoms with Crippen LogP contribution in [-0.2, 0) is 17.4 Å². The fourth-order valence-electron chi connectivity index (χ4n) is 2.22. The zero-order valence-electron chi connectivity index (χ0n) is 13.4. The molecule has 0 saturated carbocycles. The topological polar surface area (TPSA) is 41.1 Å². The molecule has 0 fully saturated rings. The van der Waals surface area contributed by atoms with Gasteiger partial charge in [-0.25, -0.2) is 4.39 Å². The van der Waals surface area contributed by atoms with Crippen LogP contribution in [0.5, 0.6) is 0 Å². The smallest absolute Gasteiger partial charge is 0.385 e. The van der Waals surface area contributed by atoms with Crippen LogP contribution in [0.2, 0.25) is 0 Å². The van der Waals surface area contributed by atoms with Gasteiger partial charge in [-0.05, 0) is 42.3 Å². The van der Waals surface area contributed by atoms with Gasteiger partial charge in [0.2, 0.25) is 5.91 Å². The summed E-state index contributed by atoms with van der Waals surface area (Å²) in [4.78, 5) is 11.7. The van der Waals surface area contributed by atoms with E-state index in [0.717, 1.165) is 12.1 Å². The molecule has 2 aromatic carbocycles. The zero-order chi connectivity index (χ0) is 18.3. The number of halogens is 4. The average Bonchev–Trinajstić information content (AvgIpc) is 2.56. The van der Waals surface area contributed by atoms with Gasteiger partial charge in [0.05, 0.1) is 5.56 Å². The Balaban J connectivity index is 1.67. The summed E-state index contributed by atoms with van der Waals surface area (Å²) in [5.74, 6) is -0.517. The van der Waals surface area contributed by atoms with Crippen molar-refractivity contribution in [2.75, 3.05) is 18.4 Å². The van der Waals surface area contributed by atoms with Crippen molar-refractivity contribution < 1.29 is 22.4 Å². The number of carbonyl (C=O) groups excluding carboxylic acids is 1. The largest absolute Gasteiger partial charge is 0.416 e. The van der Waals surface area contributed by atoms with Crippen LogP contribution < -0.4 is 10.6 Å². The molecular weight excluding hydrogens is 336 g/mol. The molecule has 2 rings (SSSR count). The molecule has 0 aliphatic rings. The van der Waals surface area contributed by atoms with Crippen LogP contribution in [0.3, 0.4) is 0 Å². The first-order chi connectivity index (χ1) is 11.9. The standard InChI is InChI=1S/C18H18F4N2O/c19-16-4-2-1-3-13(16)9-11-24-17(25)10-12-23-15-7-5-14(6-8-15)18(20,21)22/h1-8,23H,9-12H2,(H,24,25). The first-order valence-corrected chi connectivity index (χ1v) is 7.77. The van der Waals surface area contributed by atoms with Crippen LogP contribution in [0.1, 0.15) is 17.5 Å². The Kier molecular flexibility index (Phi) is 6.38. The summed E-state index contributed by atoms with van der Waals surface area (Å²) >= 11 is 0. The summed E-state index contributed by atoms with van der Waals surface area (Å²) < 4.78 is 50.8. The van der Waals surface area contributed by atoms with E-state index in [2.05, 4.69) is 10.6 Å². The molecule has 0 heterocycles. The third kappa shape index (κ3) is 6.10. The predicted octanol–water partition coefficient (Wildman–Crippen LogP) is 4.01. The quantitative estimate of drug-likeness (QED) is 0.738. The van der Waals surface area contributed by atoms with Crippen LogP contribution in [0.15, 0.2) is 48.5 Å². The Bertz CT molecular complexity index is 699. The number of amides is 1. The third-order valence-corrected chi connectivity index (χ3v) is 3.57. The van der Waals surface area contributed by atoms with Crippen molar-refractivity contribution in [2.45, 2.75) is 19.0 Å². The molecular formula is C18H18F4N2O. The number of alkyl halides is 3. The predicted molar refractivity (Wildman–Crippen MR) is 87.7 cm³/mol. The lowest BCUT2D eigenvalue weighted by atomic mass is 10.1. The van der Waals surface area contributed by atoms with Crippen molar-refractivity contribution in [3.8, 4) is 0 Å². The van der Waals surface area contributed by atoms with E-state index in [1.807, 2.05) is 0 Å². The monoisotopic (exact) mass is 354 g/mol. The first-order valence-electron chi connectivity index (χ1n) is 7.77. The molecule has 0 bridgehead atoms. The van der Waals surface area contributed by atoms with Crippen LogP contribution in [0.25, 0.3) is 0 Å². The van der Waals surface area contributed by atoms with E-state index in [-0.39, 0.29) is 24.7 Å². The normalized spacial score (nSPS) is 11.2. The third-order valence-electron chi connectivity index (χ3n) is 3.57. The molecule has 0 atom stereocenters. The average molecular weight is 354 g/mol. The van der Waals surface area contributed by atoms with E-state index in [1.54, 1.807) is 18.2 Å². The van der Waals surface area contributed by atoms with E-state index in [9.17, 15) is 22.4 Å². The second-order valence-electron chi connectivity index (χ2n) is 5.44. The van der Waals surface area contributed by atoms with Gasteiger partial charge in [-0.1, -0.05) is 18.2 Å². The molecule has 0 spiro atoms. The van der Waals surface area contributed by atoms with Gasteiger partial charge in [0.1, 0.15) is 5.82 Å². The van der Waals surface area contributed by atoms with Crippen molar-refractivity contribution >= 4 is 11.6 Å². The zero-order valence-corrected chi connectivity index (χ0v) is 13.4. The fourth-order valence-corrected chi connectivity index (χ4v) is 2.22. The van der Waals surface area contributed by atoms with Crippen LogP contribution in [-0.4, -0.2) is 19.0 Å². The number of anilines is 1. The van der Waals surface area contributed by atoms with Gasteiger partial charge in [-0.2, -0.15) is 13.2 Å². The van der Waals surface area contributed by atoms with Crippen molar-refractivity contribution in [2.24, 2.45) is 0 Å². The summed E-state index contributed by atoms with van der Waals surface area (Å²) in [6.07, 6.45) is -3.81. The molecule has 1 amide bonds. The molecule has 0 aromatic heterocycles. The van der Waals surface area contributed by atoms with Gasteiger partial charge in [0, 0.05) is 25.2 Å². The molecule has 2 N–H and O–H groups in total. The second kappa shape index (κ2) is 8.50. The number of benzene rings is 2. The molecule has 0 unspecified atom stereocenters. The van der Waals surface area contributed by atoms with E-state index < -0.39 is 11.7 Å². The van der Waals surface area contributed by atoms with E-state index >= 15 is 0 Å². The number of rotatable bonds is 7. The molecule has 0 radical (unpaired) electrons. The van der Waals surface area contributed by atoms with Gasteiger partial charge in [0.15, 0.2) is 0 Å². The van der Waals surface area contributed by atoms with Crippen molar-refractivity contribution in [3.05, 3.63) is 65.5 Å². The van der Waals surface area contributed by atoms with Crippen molar-refractivity contribution in [3.63, 3.8) is 0 Å². The maximum Gasteiger partial charge on any atom is 0.416 e. The number of carbonyl (C=O) groups is 1. The number of hydrogen-bond acceptors (Lipinski definition) is 2. The second-order valence-corrected chi connectivity index (χ2v) is 5.44. The van der Waals surface area contributed by atoms with Gasteiger partial charge >= 0.3 is 6.18 Å². The Morgan fingerprint density at radius 1 is 0.960 bits per heavy atom. The minimum atomic E-state index is -4.36. The molecule has 134 valence electrons. The number of nitrogens with one attached hydrogen (secondary N) is 2. The number of hydrogen-bond donors (Lipinski definition) is 2. The molecule has 0 aliphatic carbocycles. The Morgan fingerprint density at radius 3 is 2.28 bits per heavy atom. The van der Waals surface area contributed by atoms with E-state index in [1.165, 1.54) is 18.2 Å². The summed E-state index contributed by atoms with van der Waals surface area (Å²) in [7, 11) is 0. The maximum absolute atomic E-state index is 13.4. The molecule has 0 saturated heterocycles. The lowest BCUT2D eigenvalue weighted by Crippen LogP contribution is -2.27. The van der Waals surface area contributed by atoms with Gasteiger partial charge in [-0.15, -0.1) is 0 Å². The Morgan fingerprint density at radius 2 is 1.64 bits per heavy atom. The molecule has 0 aliphatic heterocycles. The molecule has 3 nitrogen and oxygen atoms in total. The summed E-state index contributed by atoms with van der Waals surface area (Å²) in [6, 6.07) is 11.0. The highest BCUT2D eigenvalue weighted by Crippen LogP contribution is 2.29. The van der Waals surface area contributed by atoms with Gasteiger partial charge < -0.3 is 10.6 Å². The van der Waals surface area contributed by atoms with Crippen molar-refractivity contribution in [1.29, 1.82) is 0 Å². The first kappa shape index (κ1) is 18.8.